The smallest absolute Gasteiger partial charge is 0.409 e. The zero-order valence-electron chi connectivity index (χ0n) is 10.9. The maximum Gasteiger partial charge on any atom is 0.409 e. The Kier molecular flexibility index (Phi) is 4.38. The summed E-state index contributed by atoms with van der Waals surface area (Å²) in [6.07, 6.45) is 5.81. The normalized spacial score (nSPS) is 16.2. The summed E-state index contributed by atoms with van der Waals surface area (Å²) in [5, 5.41) is 2.92. The van der Waals surface area contributed by atoms with E-state index in [0.717, 1.165) is 12.8 Å². The molecular weight excluding hydrogens is 248 g/mol. The van der Waals surface area contributed by atoms with Crippen molar-refractivity contribution < 1.29 is 14.3 Å². The number of hydrogen-bond donors (Lipinski definition) is 1. The highest BCUT2D eigenvalue weighted by Crippen LogP contribution is 2.11. The van der Waals surface area contributed by atoms with Crippen molar-refractivity contribution in [2.75, 3.05) is 19.7 Å². The zero-order valence-corrected chi connectivity index (χ0v) is 10.9. The van der Waals surface area contributed by atoms with Crippen molar-refractivity contribution in [3.05, 3.63) is 18.7 Å². The number of amides is 2. The molecule has 2 rings (SSSR count). The summed E-state index contributed by atoms with van der Waals surface area (Å²) in [5.74, 6) is 0. The molecule has 2 amide bonds. The van der Waals surface area contributed by atoms with Crippen molar-refractivity contribution in [3.63, 3.8) is 0 Å². The highest BCUT2D eigenvalue weighted by atomic mass is 16.6. The molecule has 0 aliphatic carbocycles. The first kappa shape index (κ1) is 13.4. The van der Waals surface area contributed by atoms with Gasteiger partial charge in [-0.25, -0.2) is 14.6 Å². The number of imidazole rings is 1. The lowest BCUT2D eigenvalue weighted by Crippen LogP contribution is -2.47. The second-order valence-corrected chi connectivity index (χ2v) is 4.38. The molecule has 0 spiro atoms. The third-order valence-corrected chi connectivity index (χ3v) is 3.09. The van der Waals surface area contributed by atoms with Crippen LogP contribution in [-0.2, 0) is 4.74 Å². The molecule has 1 N–H and O–H groups in total. The number of likely N-dealkylation sites (tertiary alicyclic amines) is 1. The molecule has 0 bridgehead atoms. The summed E-state index contributed by atoms with van der Waals surface area (Å²) in [6, 6.07) is -0.104. The van der Waals surface area contributed by atoms with Gasteiger partial charge in [0.1, 0.15) is 6.33 Å². The molecule has 1 aromatic heterocycles. The van der Waals surface area contributed by atoms with E-state index in [1.54, 1.807) is 24.2 Å². The molecule has 104 valence electrons. The molecule has 7 heteroatoms. The molecule has 19 heavy (non-hydrogen) atoms. The number of carbonyl (C=O) groups excluding carboxylic acids is 2. The fraction of sp³-hybridized carbons (Fsp3) is 0.583. The predicted molar refractivity (Wildman–Crippen MR) is 67.8 cm³/mol. The van der Waals surface area contributed by atoms with Crippen molar-refractivity contribution in [3.8, 4) is 0 Å². The average Bonchev–Trinajstić information content (AvgIpc) is 2.94. The van der Waals surface area contributed by atoms with Crippen LogP contribution in [0.2, 0.25) is 0 Å². The second kappa shape index (κ2) is 6.21. The number of rotatable bonds is 2. The highest BCUT2D eigenvalue weighted by molar-refractivity contribution is 5.76. The first-order chi connectivity index (χ1) is 9.20. The van der Waals surface area contributed by atoms with Crippen molar-refractivity contribution >= 4 is 12.1 Å². The van der Waals surface area contributed by atoms with Crippen LogP contribution in [0.3, 0.4) is 0 Å². The van der Waals surface area contributed by atoms with Crippen LogP contribution in [0.25, 0.3) is 0 Å². The van der Waals surface area contributed by atoms with Crippen LogP contribution < -0.4 is 5.32 Å². The Labute approximate surface area is 111 Å². The molecule has 0 radical (unpaired) electrons. The van der Waals surface area contributed by atoms with Crippen LogP contribution >= 0.6 is 0 Å². The summed E-state index contributed by atoms with van der Waals surface area (Å²) in [7, 11) is 0. The van der Waals surface area contributed by atoms with Gasteiger partial charge < -0.3 is 15.0 Å². The van der Waals surface area contributed by atoms with Crippen molar-refractivity contribution in [2.24, 2.45) is 0 Å². The molecule has 2 heterocycles. The predicted octanol–water partition coefficient (Wildman–Crippen LogP) is 1.06. The van der Waals surface area contributed by atoms with Crippen LogP contribution in [0.5, 0.6) is 0 Å². The molecule has 1 saturated heterocycles. The largest absolute Gasteiger partial charge is 0.450 e. The number of nitrogens with one attached hydrogen (secondary N) is 1. The number of nitrogens with zero attached hydrogens (tertiary/aromatic N) is 3. The minimum atomic E-state index is -0.276. The fourth-order valence-corrected chi connectivity index (χ4v) is 2.05. The first-order valence-electron chi connectivity index (χ1n) is 6.41. The summed E-state index contributed by atoms with van der Waals surface area (Å²) in [5.41, 5.74) is 0. The van der Waals surface area contributed by atoms with E-state index < -0.39 is 0 Å². The average molecular weight is 266 g/mol. The van der Waals surface area contributed by atoms with E-state index in [0.29, 0.717) is 19.7 Å². The van der Waals surface area contributed by atoms with E-state index in [-0.39, 0.29) is 18.2 Å². The van der Waals surface area contributed by atoms with Crippen LogP contribution in [-0.4, -0.2) is 52.3 Å². The van der Waals surface area contributed by atoms with Gasteiger partial charge in [0.25, 0.3) is 0 Å². The Morgan fingerprint density at radius 2 is 2.16 bits per heavy atom. The monoisotopic (exact) mass is 266 g/mol. The van der Waals surface area contributed by atoms with E-state index in [4.69, 9.17) is 4.74 Å². The highest BCUT2D eigenvalue weighted by Gasteiger charge is 2.24. The standard InChI is InChI=1S/C12H18N4O3/c1-2-19-12(18)15-6-3-10(4-7-15)14-11(17)16-8-5-13-9-16/h5,8-10H,2-4,6-7H2,1H3,(H,14,17). The minimum absolute atomic E-state index is 0.0839. The molecule has 0 saturated carbocycles. The molecular formula is C12H18N4O3. The van der Waals surface area contributed by atoms with Gasteiger partial charge in [-0.2, -0.15) is 0 Å². The zero-order chi connectivity index (χ0) is 13.7. The third-order valence-electron chi connectivity index (χ3n) is 3.09. The van der Waals surface area contributed by atoms with Gasteiger partial charge >= 0.3 is 12.1 Å². The van der Waals surface area contributed by atoms with E-state index in [2.05, 4.69) is 10.3 Å². The van der Waals surface area contributed by atoms with Crippen LogP contribution in [0.15, 0.2) is 18.7 Å². The Balaban J connectivity index is 1.77. The lowest BCUT2D eigenvalue weighted by Gasteiger charge is -2.31. The van der Waals surface area contributed by atoms with Gasteiger partial charge in [-0.1, -0.05) is 0 Å². The van der Waals surface area contributed by atoms with Gasteiger partial charge in [-0.3, -0.25) is 4.57 Å². The second-order valence-electron chi connectivity index (χ2n) is 4.38. The Bertz CT molecular complexity index is 424. The Morgan fingerprint density at radius 3 is 2.74 bits per heavy atom. The maximum atomic E-state index is 11.8. The SMILES string of the molecule is CCOC(=O)N1CCC(NC(=O)n2ccnc2)CC1. The molecule has 0 unspecified atom stereocenters. The summed E-state index contributed by atoms with van der Waals surface area (Å²) in [6.45, 7) is 3.38. The summed E-state index contributed by atoms with van der Waals surface area (Å²) >= 11 is 0. The van der Waals surface area contributed by atoms with Crippen LogP contribution in [0.1, 0.15) is 19.8 Å². The molecule has 7 nitrogen and oxygen atoms in total. The summed E-state index contributed by atoms with van der Waals surface area (Å²) < 4.78 is 6.34. The quantitative estimate of drug-likeness (QED) is 0.868. The van der Waals surface area contributed by atoms with Gasteiger partial charge in [0.05, 0.1) is 6.61 Å². The lowest BCUT2D eigenvalue weighted by molar-refractivity contribution is 0.0957. The van der Waals surface area contributed by atoms with E-state index in [9.17, 15) is 9.59 Å². The van der Waals surface area contributed by atoms with Crippen LogP contribution in [0, 0.1) is 0 Å². The van der Waals surface area contributed by atoms with Crippen molar-refractivity contribution in [1.82, 2.24) is 19.8 Å². The van der Waals surface area contributed by atoms with Gasteiger partial charge in [0.15, 0.2) is 0 Å². The number of ether oxygens (including phenoxy) is 1. The Hall–Kier alpha value is -2.05. The molecule has 1 aliphatic heterocycles. The third kappa shape index (κ3) is 3.46. The van der Waals surface area contributed by atoms with Gasteiger partial charge in [-0.05, 0) is 19.8 Å². The molecule has 1 aromatic rings. The topological polar surface area (TPSA) is 76.5 Å². The van der Waals surface area contributed by atoms with Gasteiger partial charge in [-0.15, -0.1) is 0 Å². The first-order valence-corrected chi connectivity index (χ1v) is 6.41. The number of piperidine rings is 1. The van der Waals surface area contributed by atoms with Crippen molar-refractivity contribution in [1.29, 1.82) is 0 Å². The van der Waals surface area contributed by atoms with E-state index in [1.165, 1.54) is 10.9 Å². The van der Waals surface area contributed by atoms with Gasteiger partial charge in [0.2, 0.25) is 0 Å². The number of hydrogen-bond acceptors (Lipinski definition) is 4. The molecule has 0 atom stereocenters. The van der Waals surface area contributed by atoms with E-state index >= 15 is 0 Å². The Morgan fingerprint density at radius 1 is 1.42 bits per heavy atom. The summed E-state index contributed by atoms with van der Waals surface area (Å²) in [4.78, 5) is 28.8. The van der Waals surface area contributed by atoms with Gasteiger partial charge in [0, 0.05) is 31.5 Å². The molecule has 1 aliphatic rings. The molecule has 0 aromatic carbocycles. The minimum Gasteiger partial charge on any atom is -0.450 e. The van der Waals surface area contributed by atoms with Crippen LogP contribution in [0.4, 0.5) is 9.59 Å². The number of carbonyl (C=O) groups is 2. The van der Waals surface area contributed by atoms with Crippen molar-refractivity contribution in [2.45, 2.75) is 25.8 Å². The lowest BCUT2D eigenvalue weighted by atomic mass is 10.1. The maximum absolute atomic E-state index is 11.8. The number of aromatic nitrogens is 2. The molecule has 1 fully saturated rings. The van der Waals surface area contributed by atoms with E-state index in [1.807, 2.05) is 0 Å². The fourth-order valence-electron chi connectivity index (χ4n) is 2.05.